The number of benzene rings is 1. The second kappa shape index (κ2) is 7.22. The first-order chi connectivity index (χ1) is 11.6. The molecule has 0 bridgehead atoms. The number of halogens is 2. The average Bonchev–Trinajstić information content (AvgIpc) is 2.39. The van der Waals surface area contributed by atoms with Crippen LogP contribution in [0.15, 0.2) is 12.1 Å². The standard InChI is InChI=1S/C16H20F2N2O6/c1-15(2,3)19(13(21)25-14(22)26-16(4,5)6)12-10(20(23)24)8-7-9(17)11(12)18/h7-8H,1-6H3. The minimum Gasteiger partial charge on any atom is -0.428 e. The number of nitrogens with zero attached hydrogens (tertiary/aromatic N) is 2. The molecule has 1 amide bonds. The van der Waals surface area contributed by atoms with Crippen LogP contribution >= 0.6 is 0 Å². The van der Waals surface area contributed by atoms with E-state index in [1.54, 1.807) is 0 Å². The number of carbonyl (C=O) groups excluding carboxylic acids is 2. The van der Waals surface area contributed by atoms with E-state index in [4.69, 9.17) is 4.74 Å². The third-order valence-corrected chi connectivity index (χ3v) is 2.88. The van der Waals surface area contributed by atoms with Crippen LogP contribution in [0.1, 0.15) is 41.5 Å². The van der Waals surface area contributed by atoms with Crippen molar-refractivity contribution in [3.05, 3.63) is 33.9 Å². The van der Waals surface area contributed by atoms with Crippen LogP contribution in [-0.2, 0) is 9.47 Å². The summed E-state index contributed by atoms with van der Waals surface area (Å²) in [7, 11) is 0. The fraction of sp³-hybridized carbons (Fsp3) is 0.500. The van der Waals surface area contributed by atoms with E-state index in [0.29, 0.717) is 17.0 Å². The first-order valence-electron chi connectivity index (χ1n) is 7.52. The summed E-state index contributed by atoms with van der Waals surface area (Å²) in [4.78, 5) is 34.8. The first kappa shape index (κ1) is 21.3. The molecular weight excluding hydrogens is 354 g/mol. The Morgan fingerprint density at radius 2 is 1.65 bits per heavy atom. The molecule has 0 aromatic heterocycles. The van der Waals surface area contributed by atoms with Crippen LogP contribution in [0.5, 0.6) is 0 Å². The monoisotopic (exact) mass is 374 g/mol. The molecule has 0 unspecified atom stereocenters. The van der Waals surface area contributed by atoms with Gasteiger partial charge in [-0.2, -0.15) is 0 Å². The van der Waals surface area contributed by atoms with Gasteiger partial charge in [0.1, 0.15) is 5.60 Å². The molecule has 0 N–H and O–H groups in total. The zero-order valence-electron chi connectivity index (χ0n) is 15.3. The van der Waals surface area contributed by atoms with Crippen molar-refractivity contribution < 1.29 is 32.8 Å². The van der Waals surface area contributed by atoms with Gasteiger partial charge >= 0.3 is 12.2 Å². The summed E-state index contributed by atoms with van der Waals surface area (Å²) < 4.78 is 37.3. The Balaban J connectivity index is 3.42. The third kappa shape index (κ3) is 5.11. The van der Waals surface area contributed by atoms with Crippen molar-refractivity contribution >= 4 is 23.6 Å². The molecule has 10 heteroatoms. The second-order valence-corrected chi connectivity index (χ2v) is 7.32. The van der Waals surface area contributed by atoms with Gasteiger partial charge in [0.05, 0.1) is 4.92 Å². The predicted molar refractivity (Wildman–Crippen MR) is 88.0 cm³/mol. The lowest BCUT2D eigenvalue weighted by molar-refractivity contribution is -0.384. The minimum atomic E-state index is -1.62. The number of rotatable bonds is 2. The predicted octanol–water partition coefficient (Wildman–Crippen LogP) is 4.55. The van der Waals surface area contributed by atoms with Gasteiger partial charge in [0, 0.05) is 11.6 Å². The molecule has 0 saturated heterocycles. The lowest BCUT2D eigenvalue weighted by Gasteiger charge is -2.34. The number of ether oxygens (including phenoxy) is 2. The molecular formula is C16H20F2N2O6. The summed E-state index contributed by atoms with van der Waals surface area (Å²) in [6, 6.07) is 1.28. The Labute approximate surface area is 148 Å². The highest BCUT2D eigenvalue weighted by molar-refractivity contribution is 5.96. The van der Waals surface area contributed by atoms with E-state index in [2.05, 4.69) is 4.74 Å². The Hall–Kier alpha value is -2.78. The maximum absolute atomic E-state index is 14.3. The fourth-order valence-corrected chi connectivity index (χ4v) is 1.98. The molecule has 0 aliphatic heterocycles. The van der Waals surface area contributed by atoms with E-state index in [-0.39, 0.29) is 0 Å². The van der Waals surface area contributed by atoms with Crippen LogP contribution in [0.25, 0.3) is 0 Å². The number of hydrogen-bond acceptors (Lipinski definition) is 6. The highest BCUT2D eigenvalue weighted by Crippen LogP contribution is 2.37. The number of nitro benzene ring substituents is 1. The number of carbonyl (C=O) groups is 2. The first-order valence-corrected chi connectivity index (χ1v) is 7.52. The quantitative estimate of drug-likeness (QED) is 0.326. The Bertz CT molecular complexity index is 737. The highest BCUT2D eigenvalue weighted by atomic mass is 19.2. The second-order valence-electron chi connectivity index (χ2n) is 7.32. The van der Waals surface area contributed by atoms with Gasteiger partial charge in [-0.3, -0.25) is 15.0 Å². The molecule has 0 saturated carbocycles. The summed E-state index contributed by atoms with van der Waals surface area (Å²) in [5, 5.41) is 11.2. The summed E-state index contributed by atoms with van der Waals surface area (Å²) >= 11 is 0. The van der Waals surface area contributed by atoms with Crippen LogP contribution in [0.3, 0.4) is 0 Å². The van der Waals surface area contributed by atoms with Crippen LogP contribution in [0.4, 0.5) is 29.7 Å². The van der Waals surface area contributed by atoms with Crippen LogP contribution in [0, 0.1) is 21.7 Å². The van der Waals surface area contributed by atoms with Gasteiger partial charge in [-0.15, -0.1) is 0 Å². The van der Waals surface area contributed by atoms with Gasteiger partial charge in [0.2, 0.25) is 0 Å². The smallest absolute Gasteiger partial charge is 0.428 e. The van der Waals surface area contributed by atoms with Gasteiger partial charge in [0.25, 0.3) is 5.69 Å². The molecule has 1 aromatic rings. The van der Waals surface area contributed by atoms with Crippen LogP contribution in [0.2, 0.25) is 0 Å². The van der Waals surface area contributed by atoms with E-state index in [9.17, 15) is 28.5 Å². The van der Waals surface area contributed by atoms with Crippen molar-refractivity contribution in [2.75, 3.05) is 4.90 Å². The summed E-state index contributed by atoms with van der Waals surface area (Å²) in [6.45, 7) is 8.78. The Kier molecular flexibility index (Phi) is 5.91. The number of anilines is 1. The molecule has 0 heterocycles. The molecule has 0 spiro atoms. The van der Waals surface area contributed by atoms with Crippen molar-refractivity contribution in [3.63, 3.8) is 0 Å². The Morgan fingerprint density at radius 3 is 2.08 bits per heavy atom. The average molecular weight is 374 g/mol. The normalized spacial score (nSPS) is 11.7. The van der Waals surface area contributed by atoms with Gasteiger partial charge < -0.3 is 9.47 Å². The van der Waals surface area contributed by atoms with E-state index in [1.165, 1.54) is 41.5 Å². The maximum Gasteiger partial charge on any atom is 0.517 e. The van der Waals surface area contributed by atoms with Crippen molar-refractivity contribution in [2.45, 2.75) is 52.7 Å². The van der Waals surface area contributed by atoms with Crippen LogP contribution in [-0.4, -0.2) is 28.3 Å². The topological polar surface area (TPSA) is 99.0 Å². The SMILES string of the molecule is CC(C)(C)OC(=O)OC(=O)N(c1c([N+](=O)[O-])ccc(F)c1F)C(C)(C)C. The minimum absolute atomic E-state index is 0.494. The van der Waals surface area contributed by atoms with Gasteiger partial charge in [0.15, 0.2) is 17.3 Å². The van der Waals surface area contributed by atoms with Gasteiger partial charge in [-0.05, 0) is 47.6 Å². The van der Waals surface area contributed by atoms with Crippen molar-refractivity contribution in [2.24, 2.45) is 0 Å². The van der Waals surface area contributed by atoms with Crippen molar-refractivity contribution in [1.82, 2.24) is 0 Å². The number of nitro groups is 1. The molecule has 0 atom stereocenters. The van der Waals surface area contributed by atoms with Crippen LogP contribution < -0.4 is 4.90 Å². The Morgan fingerprint density at radius 1 is 1.12 bits per heavy atom. The summed E-state index contributed by atoms with van der Waals surface area (Å²) in [5.41, 5.74) is -4.07. The number of hydrogen-bond donors (Lipinski definition) is 0. The lowest BCUT2D eigenvalue weighted by atomic mass is 10.0. The summed E-state index contributed by atoms with van der Waals surface area (Å²) in [6.07, 6.45) is -2.82. The van der Waals surface area contributed by atoms with E-state index < -0.39 is 51.3 Å². The molecule has 1 aromatic carbocycles. The zero-order valence-corrected chi connectivity index (χ0v) is 15.3. The van der Waals surface area contributed by atoms with Gasteiger partial charge in [-0.25, -0.2) is 18.4 Å². The number of amides is 1. The van der Waals surface area contributed by atoms with E-state index >= 15 is 0 Å². The van der Waals surface area contributed by atoms with Crippen molar-refractivity contribution in [1.29, 1.82) is 0 Å². The molecule has 144 valence electrons. The zero-order chi connectivity index (χ0) is 20.4. The van der Waals surface area contributed by atoms with Gasteiger partial charge in [-0.1, -0.05) is 0 Å². The van der Waals surface area contributed by atoms with E-state index in [0.717, 1.165) is 0 Å². The molecule has 1 rings (SSSR count). The van der Waals surface area contributed by atoms with E-state index in [1.807, 2.05) is 0 Å². The molecule has 0 fully saturated rings. The summed E-state index contributed by atoms with van der Waals surface area (Å²) in [5.74, 6) is -3.01. The maximum atomic E-state index is 14.3. The fourth-order valence-electron chi connectivity index (χ4n) is 1.98. The highest BCUT2D eigenvalue weighted by Gasteiger charge is 2.39. The molecule has 0 radical (unpaired) electrons. The third-order valence-electron chi connectivity index (χ3n) is 2.88. The molecule has 0 aliphatic rings. The lowest BCUT2D eigenvalue weighted by Crippen LogP contribution is -2.48. The van der Waals surface area contributed by atoms with Crippen molar-refractivity contribution in [3.8, 4) is 0 Å². The molecule has 0 aliphatic carbocycles. The molecule has 26 heavy (non-hydrogen) atoms. The largest absolute Gasteiger partial charge is 0.517 e. The molecule has 8 nitrogen and oxygen atoms in total.